The van der Waals surface area contributed by atoms with Gasteiger partial charge in [0.15, 0.2) is 0 Å². The number of pyridine rings is 1. The normalized spacial score (nSPS) is 23.0. The Morgan fingerprint density at radius 3 is 2.21 bits per heavy atom. The molecule has 6 heterocycles. The Bertz CT molecular complexity index is 2030. The fourth-order valence-electron chi connectivity index (χ4n) is 9.59. The number of likely N-dealkylation sites (tertiary alicyclic amines) is 1. The third kappa shape index (κ3) is 8.29. The van der Waals surface area contributed by atoms with Crippen LogP contribution in [-0.2, 0) is 9.59 Å². The van der Waals surface area contributed by atoms with Gasteiger partial charge in [0.1, 0.15) is 17.8 Å². The smallest absolute Gasteiger partial charge is 0.270 e. The molecule has 8 rings (SSSR count). The van der Waals surface area contributed by atoms with E-state index in [2.05, 4.69) is 60.3 Å². The molecule has 1 aromatic heterocycles. The molecule has 14 heteroatoms. The Kier molecular flexibility index (Phi) is 11.1. The van der Waals surface area contributed by atoms with Crippen molar-refractivity contribution in [2.45, 2.75) is 70.0 Å². The van der Waals surface area contributed by atoms with E-state index in [1.165, 1.54) is 5.69 Å². The Morgan fingerprint density at radius 1 is 0.877 bits per heavy atom. The maximum atomic E-state index is 13.6. The molecule has 5 aliphatic rings. The Labute approximate surface area is 338 Å². The second-order valence-electron chi connectivity index (χ2n) is 16.4. The van der Waals surface area contributed by atoms with E-state index in [0.717, 1.165) is 108 Å². The van der Waals surface area contributed by atoms with E-state index in [0.29, 0.717) is 22.7 Å². The van der Waals surface area contributed by atoms with Crippen molar-refractivity contribution in [3.63, 3.8) is 0 Å². The lowest BCUT2D eigenvalue weighted by molar-refractivity contribution is -0.134. The lowest BCUT2D eigenvalue weighted by Crippen LogP contribution is -2.53. The first kappa shape index (κ1) is 38.7. The number of nitriles is 1. The highest BCUT2D eigenvalue weighted by molar-refractivity contribution is 6.32. The average molecular weight is 792 g/mol. The first-order valence-electron chi connectivity index (χ1n) is 20.3. The van der Waals surface area contributed by atoms with Gasteiger partial charge in [0.05, 0.1) is 22.5 Å². The number of hydrogen-bond acceptors (Lipinski definition) is 10. The number of halogens is 1. The summed E-state index contributed by atoms with van der Waals surface area (Å²) >= 11 is 6.38. The Balaban J connectivity index is 0.767. The van der Waals surface area contributed by atoms with Gasteiger partial charge in [0, 0.05) is 94.3 Å². The van der Waals surface area contributed by atoms with Crippen LogP contribution >= 0.6 is 11.6 Å². The van der Waals surface area contributed by atoms with Gasteiger partial charge >= 0.3 is 0 Å². The van der Waals surface area contributed by atoms with Crippen LogP contribution in [-0.4, -0.2) is 115 Å². The van der Waals surface area contributed by atoms with Crippen molar-refractivity contribution < 1.29 is 19.2 Å². The largest absolute Gasteiger partial charge is 0.371 e. The summed E-state index contributed by atoms with van der Waals surface area (Å²) in [5, 5.41) is 14.7. The number of piperazine rings is 1. The molecule has 3 aromatic rings. The van der Waals surface area contributed by atoms with Crippen molar-refractivity contribution in [1.82, 2.24) is 25.4 Å². The highest BCUT2D eigenvalue weighted by Crippen LogP contribution is 2.46. The molecule has 5 aliphatic heterocycles. The first-order valence-corrected chi connectivity index (χ1v) is 20.7. The van der Waals surface area contributed by atoms with Gasteiger partial charge < -0.3 is 24.9 Å². The Morgan fingerprint density at radius 2 is 1.56 bits per heavy atom. The minimum absolute atomic E-state index is 0.104. The number of carbonyl (C=O) groups excluding carboxylic acids is 4. The quantitative estimate of drug-likeness (QED) is 0.330. The van der Waals surface area contributed by atoms with Crippen LogP contribution in [0.3, 0.4) is 0 Å². The summed E-state index contributed by atoms with van der Waals surface area (Å²) in [5.74, 6) is -1.14. The van der Waals surface area contributed by atoms with Gasteiger partial charge in [-0.05, 0) is 105 Å². The fraction of sp³-hybridized carbons (Fsp3) is 0.488. The van der Waals surface area contributed by atoms with E-state index >= 15 is 0 Å². The molecule has 0 radical (unpaired) electrons. The molecule has 2 atom stereocenters. The second-order valence-corrected chi connectivity index (χ2v) is 16.8. The highest BCUT2D eigenvalue weighted by Gasteiger charge is 2.44. The number of amides is 4. The number of aromatic nitrogens is 1. The van der Waals surface area contributed by atoms with Crippen LogP contribution in [0.4, 0.5) is 17.1 Å². The summed E-state index contributed by atoms with van der Waals surface area (Å²) in [4.78, 5) is 65.7. The van der Waals surface area contributed by atoms with Crippen molar-refractivity contribution in [2.24, 2.45) is 5.41 Å². The second kappa shape index (κ2) is 16.3. The minimum Gasteiger partial charge on any atom is -0.371 e. The monoisotopic (exact) mass is 791 g/mol. The molecule has 0 saturated carbocycles. The zero-order valence-corrected chi connectivity index (χ0v) is 33.2. The topological polar surface area (TPSA) is 145 Å². The van der Waals surface area contributed by atoms with Crippen molar-refractivity contribution in [3.05, 3.63) is 82.6 Å². The molecular formula is C43H50ClN9O4. The van der Waals surface area contributed by atoms with Crippen LogP contribution in [0.1, 0.15) is 78.3 Å². The number of anilines is 3. The van der Waals surface area contributed by atoms with Crippen LogP contribution in [0.5, 0.6) is 0 Å². The predicted octanol–water partition coefficient (Wildman–Crippen LogP) is 4.45. The minimum atomic E-state index is -0.736. The molecule has 4 amide bonds. The SMILES string of the molecule is C[C@@H]1CC2(CCN(c3ccc(C(=O)N4CCC(N5CCN(c6ccc(C(=O)N[C@H]7CCC(=O)NC7=O)nc6)CC5)CC4)cc3)CC2)CN1c1ccc(C#N)c(Cl)c1. The van der Waals surface area contributed by atoms with Gasteiger partial charge in [-0.15, -0.1) is 0 Å². The number of piperidine rings is 3. The van der Waals surface area contributed by atoms with Crippen LogP contribution in [0, 0.1) is 16.7 Å². The van der Waals surface area contributed by atoms with Crippen LogP contribution in [0.25, 0.3) is 0 Å². The van der Waals surface area contributed by atoms with Crippen molar-refractivity contribution in [1.29, 1.82) is 5.26 Å². The number of rotatable bonds is 7. The molecule has 0 bridgehead atoms. The zero-order valence-electron chi connectivity index (χ0n) is 32.5. The van der Waals surface area contributed by atoms with E-state index in [1.54, 1.807) is 12.3 Å². The van der Waals surface area contributed by atoms with Gasteiger partial charge in [-0.1, -0.05) is 11.6 Å². The molecular weight excluding hydrogens is 742 g/mol. The maximum Gasteiger partial charge on any atom is 0.270 e. The average Bonchev–Trinajstić information content (AvgIpc) is 3.56. The third-order valence-corrected chi connectivity index (χ3v) is 13.3. The van der Waals surface area contributed by atoms with Crippen LogP contribution < -0.4 is 25.3 Å². The number of hydrogen-bond donors (Lipinski definition) is 2. The number of imide groups is 1. The molecule has 0 unspecified atom stereocenters. The summed E-state index contributed by atoms with van der Waals surface area (Å²) in [5.41, 5.74) is 4.96. The fourth-order valence-corrected chi connectivity index (χ4v) is 9.80. The number of carbonyl (C=O) groups is 4. The number of benzene rings is 2. The van der Waals surface area contributed by atoms with Crippen molar-refractivity contribution >= 4 is 52.3 Å². The van der Waals surface area contributed by atoms with Gasteiger partial charge in [0.2, 0.25) is 11.8 Å². The molecule has 298 valence electrons. The molecule has 2 aromatic carbocycles. The molecule has 5 fully saturated rings. The summed E-state index contributed by atoms with van der Waals surface area (Å²) in [6, 6.07) is 19.8. The first-order chi connectivity index (χ1) is 27.6. The third-order valence-electron chi connectivity index (χ3n) is 12.9. The summed E-state index contributed by atoms with van der Waals surface area (Å²) in [6.45, 7) is 10.3. The van der Waals surface area contributed by atoms with Crippen molar-refractivity contribution in [2.75, 3.05) is 73.6 Å². The van der Waals surface area contributed by atoms with Gasteiger partial charge in [0.25, 0.3) is 11.8 Å². The van der Waals surface area contributed by atoms with E-state index in [-0.39, 0.29) is 35.8 Å². The number of nitrogens with one attached hydrogen (secondary N) is 2. The predicted molar refractivity (Wildman–Crippen MR) is 219 cm³/mol. The lowest BCUT2D eigenvalue weighted by atomic mass is 9.76. The van der Waals surface area contributed by atoms with Crippen molar-refractivity contribution in [3.8, 4) is 6.07 Å². The highest BCUT2D eigenvalue weighted by atomic mass is 35.5. The Hall–Kier alpha value is -5.19. The van der Waals surface area contributed by atoms with Gasteiger partial charge in [-0.3, -0.25) is 29.4 Å². The lowest BCUT2D eigenvalue weighted by Gasteiger charge is -2.43. The zero-order chi connectivity index (χ0) is 39.7. The van der Waals surface area contributed by atoms with E-state index in [9.17, 15) is 24.4 Å². The summed E-state index contributed by atoms with van der Waals surface area (Å²) in [7, 11) is 0. The van der Waals surface area contributed by atoms with E-state index in [1.807, 2.05) is 41.3 Å². The van der Waals surface area contributed by atoms with Crippen LogP contribution in [0.2, 0.25) is 5.02 Å². The van der Waals surface area contributed by atoms with E-state index < -0.39 is 17.9 Å². The maximum absolute atomic E-state index is 13.6. The molecule has 2 N–H and O–H groups in total. The summed E-state index contributed by atoms with van der Waals surface area (Å²) in [6.07, 6.45) is 7.46. The number of nitrogens with zero attached hydrogens (tertiary/aromatic N) is 7. The molecule has 57 heavy (non-hydrogen) atoms. The molecule has 1 spiro atoms. The molecule has 13 nitrogen and oxygen atoms in total. The van der Waals surface area contributed by atoms with E-state index in [4.69, 9.17) is 11.6 Å². The standard InChI is InChI=1S/C43H50ClN9O4/c1-29-25-43(28-53(29)34-7-4-31(26-45)36(44)24-34)14-18-49(19-15-43)32-5-2-30(3-6-32)42(57)52-16-12-33(13-17-52)50-20-22-51(23-21-50)35-8-9-37(46-27-35)40(55)47-38-10-11-39(54)48-41(38)56/h2-9,24,27,29,33,38H,10-23,25,28H2,1H3,(H,47,55)(H,48,54,56)/t29-,38+/m1/s1. The molecule has 0 aliphatic carbocycles. The van der Waals surface area contributed by atoms with Gasteiger partial charge in [-0.25, -0.2) is 4.98 Å². The molecule has 5 saturated heterocycles. The van der Waals surface area contributed by atoms with Gasteiger partial charge in [-0.2, -0.15) is 5.26 Å². The van der Waals surface area contributed by atoms with Crippen LogP contribution in [0.15, 0.2) is 60.8 Å². The summed E-state index contributed by atoms with van der Waals surface area (Å²) < 4.78 is 0.